The second-order valence-corrected chi connectivity index (χ2v) is 7.79. The molecular weight excluding hydrogens is 416 g/mol. The Bertz CT molecular complexity index is 1130. The van der Waals surface area contributed by atoms with E-state index in [-0.39, 0.29) is 11.6 Å². The summed E-state index contributed by atoms with van der Waals surface area (Å²) < 4.78 is 8.04. The number of ether oxygens (including phenoxy) is 1. The van der Waals surface area contributed by atoms with Crippen LogP contribution < -0.4 is 9.70 Å². The van der Waals surface area contributed by atoms with Crippen molar-refractivity contribution in [3.63, 3.8) is 0 Å². The molecule has 3 rings (SSSR count). The van der Waals surface area contributed by atoms with Gasteiger partial charge in [0.15, 0.2) is 4.80 Å². The normalized spacial score (nSPS) is 11.8. The number of non-ortho nitro benzene ring substituents is 1. The summed E-state index contributed by atoms with van der Waals surface area (Å²) in [5.41, 5.74) is 2.35. The van der Waals surface area contributed by atoms with Crippen LogP contribution >= 0.6 is 11.3 Å². The lowest BCUT2D eigenvalue weighted by Crippen LogP contribution is -2.21. The van der Waals surface area contributed by atoms with Gasteiger partial charge in [-0.2, -0.15) is 4.99 Å². The van der Waals surface area contributed by atoms with Crippen LogP contribution in [0.1, 0.15) is 31.1 Å². The summed E-state index contributed by atoms with van der Waals surface area (Å²) in [6.07, 6.45) is 0. The SMILES string of the molecule is CCOCCn1c(=NC(=O)c2ccc(N(CC)CC)cc2)sc2cc([N+](=O)[O-])ccc21. The molecule has 0 saturated heterocycles. The first-order chi connectivity index (χ1) is 15.0. The van der Waals surface area contributed by atoms with Crippen molar-refractivity contribution in [2.24, 2.45) is 4.99 Å². The van der Waals surface area contributed by atoms with Crippen LogP contribution in [0.4, 0.5) is 11.4 Å². The Labute approximate surface area is 184 Å². The highest BCUT2D eigenvalue weighted by molar-refractivity contribution is 7.16. The Morgan fingerprint density at radius 3 is 2.48 bits per heavy atom. The standard InChI is InChI=1S/C22H26N4O4S/c1-4-24(5-2)17-9-7-16(8-10-17)21(27)23-22-25(13-14-30-6-3)19-12-11-18(26(28)29)15-20(19)31-22/h7-12,15H,4-6,13-14H2,1-3H3. The van der Waals surface area contributed by atoms with Crippen molar-refractivity contribution in [2.75, 3.05) is 31.2 Å². The molecule has 0 atom stereocenters. The van der Waals surface area contributed by atoms with Gasteiger partial charge in [-0.3, -0.25) is 14.9 Å². The molecule has 31 heavy (non-hydrogen) atoms. The highest BCUT2D eigenvalue weighted by atomic mass is 32.1. The lowest BCUT2D eigenvalue weighted by Gasteiger charge is -2.20. The summed E-state index contributed by atoms with van der Waals surface area (Å²) >= 11 is 1.26. The second kappa shape index (κ2) is 10.3. The second-order valence-electron chi connectivity index (χ2n) is 6.78. The van der Waals surface area contributed by atoms with Crippen molar-refractivity contribution in [3.8, 4) is 0 Å². The molecule has 0 saturated carbocycles. The number of nitro benzene ring substituents is 1. The summed E-state index contributed by atoms with van der Waals surface area (Å²) in [6, 6.07) is 12.1. The van der Waals surface area contributed by atoms with Crippen LogP contribution in [0.2, 0.25) is 0 Å². The summed E-state index contributed by atoms with van der Waals surface area (Å²) in [4.78, 5) is 30.6. The number of hydrogen-bond donors (Lipinski definition) is 0. The smallest absolute Gasteiger partial charge is 0.279 e. The monoisotopic (exact) mass is 442 g/mol. The van der Waals surface area contributed by atoms with E-state index in [0.717, 1.165) is 24.3 Å². The molecule has 2 aromatic carbocycles. The van der Waals surface area contributed by atoms with Crippen molar-refractivity contribution in [1.82, 2.24) is 4.57 Å². The number of hydrogen-bond acceptors (Lipinski definition) is 6. The Kier molecular flexibility index (Phi) is 7.54. The number of benzene rings is 2. The quantitative estimate of drug-likeness (QED) is 0.281. The summed E-state index contributed by atoms with van der Waals surface area (Å²) in [5.74, 6) is -0.350. The topological polar surface area (TPSA) is 90.0 Å². The van der Waals surface area contributed by atoms with Gasteiger partial charge in [-0.15, -0.1) is 0 Å². The Balaban J connectivity index is 1.99. The van der Waals surface area contributed by atoms with Gasteiger partial charge in [-0.25, -0.2) is 0 Å². The molecule has 1 aromatic heterocycles. The minimum absolute atomic E-state index is 0.00979. The first-order valence-corrected chi connectivity index (χ1v) is 11.1. The molecule has 1 heterocycles. The lowest BCUT2D eigenvalue weighted by atomic mass is 10.2. The number of thiazole rings is 1. The fourth-order valence-electron chi connectivity index (χ4n) is 3.33. The third-order valence-electron chi connectivity index (χ3n) is 4.98. The Hall–Kier alpha value is -3.04. The average molecular weight is 443 g/mol. The summed E-state index contributed by atoms with van der Waals surface area (Å²) in [6.45, 7) is 9.41. The Morgan fingerprint density at radius 2 is 1.87 bits per heavy atom. The predicted molar refractivity (Wildman–Crippen MR) is 123 cm³/mol. The summed E-state index contributed by atoms with van der Waals surface area (Å²) in [5, 5.41) is 11.1. The number of nitrogens with zero attached hydrogens (tertiary/aromatic N) is 4. The third-order valence-corrected chi connectivity index (χ3v) is 6.02. The van der Waals surface area contributed by atoms with E-state index in [1.54, 1.807) is 18.2 Å². The fourth-order valence-corrected chi connectivity index (χ4v) is 4.42. The van der Waals surface area contributed by atoms with Crippen LogP contribution in [0.15, 0.2) is 47.5 Å². The molecule has 0 aliphatic heterocycles. The van der Waals surface area contributed by atoms with E-state index in [4.69, 9.17) is 4.74 Å². The van der Waals surface area contributed by atoms with Gasteiger partial charge in [0.2, 0.25) is 0 Å². The van der Waals surface area contributed by atoms with Gasteiger partial charge < -0.3 is 14.2 Å². The van der Waals surface area contributed by atoms with Crippen molar-refractivity contribution >= 4 is 38.8 Å². The minimum atomic E-state index is -0.427. The first kappa shape index (κ1) is 22.6. The van der Waals surface area contributed by atoms with Gasteiger partial charge in [0, 0.05) is 49.6 Å². The molecule has 8 nitrogen and oxygen atoms in total. The molecule has 0 radical (unpaired) electrons. The number of carbonyl (C=O) groups is 1. The van der Waals surface area contributed by atoms with Gasteiger partial charge in [-0.05, 0) is 51.1 Å². The van der Waals surface area contributed by atoms with Crippen molar-refractivity contribution in [3.05, 3.63) is 62.9 Å². The van der Waals surface area contributed by atoms with Crippen molar-refractivity contribution < 1.29 is 14.5 Å². The van der Waals surface area contributed by atoms with Gasteiger partial charge >= 0.3 is 0 Å². The third kappa shape index (κ3) is 5.18. The first-order valence-electron chi connectivity index (χ1n) is 10.3. The minimum Gasteiger partial charge on any atom is -0.380 e. The number of anilines is 1. The van der Waals surface area contributed by atoms with Gasteiger partial charge in [0.25, 0.3) is 11.6 Å². The zero-order valence-electron chi connectivity index (χ0n) is 17.9. The highest BCUT2D eigenvalue weighted by Gasteiger charge is 2.13. The molecule has 9 heteroatoms. The van der Waals surface area contributed by atoms with Crippen molar-refractivity contribution in [2.45, 2.75) is 27.3 Å². The van der Waals surface area contributed by atoms with E-state index >= 15 is 0 Å². The van der Waals surface area contributed by atoms with Crippen LogP contribution in [0, 0.1) is 10.1 Å². The van der Waals surface area contributed by atoms with Gasteiger partial charge in [-0.1, -0.05) is 11.3 Å². The maximum absolute atomic E-state index is 12.8. The van der Waals surface area contributed by atoms with Crippen LogP contribution in [-0.4, -0.2) is 41.7 Å². The number of fused-ring (bicyclic) bond motifs is 1. The molecule has 0 aliphatic rings. The predicted octanol–water partition coefficient (Wildman–Crippen LogP) is 4.23. The zero-order valence-corrected chi connectivity index (χ0v) is 18.7. The summed E-state index contributed by atoms with van der Waals surface area (Å²) in [7, 11) is 0. The van der Waals surface area contributed by atoms with Crippen LogP contribution in [0.25, 0.3) is 10.2 Å². The number of rotatable bonds is 9. The van der Waals surface area contributed by atoms with E-state index in [0.29, 0.717) is 34.8 Å². The average Bonchev–Trinajstić information content (AvgIpc) is 3.11. The molecule has 1 amide bonds. The number of carbonyl (C=O) groups excluding carboxylic acids is 1. The molecule has 0 bridgehead atoms. The van der Waals surface area contributed by atoms with Crippen LogP contribution in [0.3, 0.4) is 0 Å². The van der Waals surface area contributed by atoms with E-state index in [1.165, 1.54) is 23.5 Å². The Morgan fingerprint density at radius 1 is 1.16 bits per heavy atom. The molecule has 0 unspecified atom stereocenters. The number of aromatic nitrogens is 1. The van der Waals surface area contributed by atoms with Crippen LogP contribution in [0.5, 0.6) is 0 Å². The van der Waals surface area contributed by atoms with Gasteiger partial charge in [0.1, 0.15) is 0 Å². The van der Waals surface area contributed by atoms with E-state index < -0.39 is 4.92 Å². The maximum Gasteiger partial charge on any atom is 0.279 e. The zero-order chi connectivity index (χ0) is 22.4. The molecule has 0 N–H and O–H groups in total. The largest absolute Gasteiger partial charge is 0.380 e. The van der Waals surface area contributed by atoms with E-state index in [9.17, 15) is 14.9 Å². The molecule has 164 valence electrons. The molecule has 3 aromatic rings. The molecule has 0 spiro atoms. The molecule has 0 fully saturated rings. The van der Waals surface area contributed by atoms with E-state index in [1.807, 2.05) is 23.6 Å². The van der Waals surface area contributed by atoms with Gasteiger partial charge in [0.05, 0.1) is 21.7 Å². The number of amides is 1. The van der Waals surface area contributed by atoms with E-state index in [2.05, 4.69) is 23.7 Å². The molecule has 0 aliphatic carbocycles. The number of nitro groups is 1. The lowest BCUT2D eigenvalue weighted by molar-refractivity contribution is -0.384. The van der Waals surface area contributed by atoms with Crippen LogP contribution in [-0.2, 0) is 11.3 Å². The highest BCUT2D eigenvalue weighted by Crippen LogP contribution is 2.23. The molecular formula is C22H26N4O4S. The fraction of sp³-hybridized carbons (Fsp3) is 0.364. The van der Waals surface area contributed by atoms with Crippen molar-refractivity contribution in [1.29, 1.82) is 0 Å². The maximum atomic E-state index is 12.8.